The maximum Gasteiger partial charge on any atom is 0.337 e. The van der Waals surface area contributed by atoms with Gasteiger partial charge in [0.25, 0.3) is 0 Å². The van der Waals surface area contributed by atoms with Crippen LogP contribution in [0.25, 0.3) is 0 Å². The number of hydrogen-bond acceptors (Lipinski definition) is 4. The summed E-state index contributed by atoms with van der Waals surface area (Å²) < 4.78 is 6.03. The first kappa shape index (κ1) is 13.5. The number of ether oxygens (including phenoxy) is 1. The molecule has 0 aliphatic heterocycles. The molecule has 0 aliphatic rings. The molecular formula is C12H13BrN4O2. The van der Waals surface area contributed by atoms with Crippen molar-refractivity contribution in [3.8, 4) is 6.01 Å². The number of rotatable bonds is 5. The SMILES string of the molecule is CCOc1n[nH]c(NC(=O)Cc2cccc(Br)c2)n1. The summed E-state index contributed by atoms with van der Waals surface area (Å²) in [7, 11) is 0. The second kappa shape index (κ2) is 6.33. The number of aromatic nitrogens is 3. The maximum atomic E-state index is 11.8. The van der Waals surface area contributed by atoms with Crippen LogP contribution in [0, 0.1) is 0 Å². The van der Waals surface area contributed by atoms with Crippen molar-refractivity contribution in [3.05, 3.63) is 34.3 Å². The zero-order valence-electron chi connectivity index (χ0n) is 10.3. The third kappa shape index (κ3) is 4.06. The number of amides is 1. The molecule has 2 N–H and O–H groups in total. The molecule has 0 bridgehead atoms. The van der Waals surface area contributed by atoms with Gasteiger partial charge in [-0.2, -0.15) is 4.98 Å². The monoisotopic (exact) mass is 324 g/mol. The van der Waals surface area contributed by atoms with E-state index in [-0.39, 0.29) is 24.3 Å². The fourth-order valence-electron chi connectivity index (χ4n) is 1.50. The van der Waals surface area contributed by atoms with Crippen molar-refractivity contribution < 1.29 is 9.53 Å². The number of aromatic amines is 1. The van der Waals surface area contributed by atoms with Gasteiger partial charge in [-0.1, -0.05) is 28.1 Å². The number of H-pyrrole nitrogens is 1. The van der Waals surface area contributed by atoms with Gasteiger partial charge in [0.05, 0.1) is 13.0 Å². The molecule has 0 atom stereocenters. The molecule has 2 rings (SSSR count). The summed E-state index contributed by atoms with van der Waals surface area (Å²) in [6, 6.07) is 7.79. The smallest absolute Gasteiger partial charge is 0.337 e. The van der Waals surface area contributed by atoms with Crippen LogP contribution in [-0.2, 0) is 11.2 Å². The van der Waals surface area contributed by atoms with Gasteiger partial charge in [-0.15, -0.1) is 5.10 Å². The summed E-state index contributed by atoms with van der Waals surface area (Å²) in [6.45, 7) is 2.31. The normalized spacial score (nSPS) is 10.2. The lowest BCUT2D eigenvalue weighted by atomic mass is 10.1. The van der Waals surface area contributed by atoms with Crippen LogP contribution in [0.1, 0.15) is 12.5 Å². The molecule has 0 unspecified atom stereocenters. The fraction of sp³-hybridized carbons (Fsp3) is 0.250. The van der Waals surface area contributed by atoms with Crippen LogP contribution in [0.5, 0.6) is 6.01 Å². The number of hydrogen-bond donors (Lipinski definition) is 2. The standard InChI is InChI=1S/C12H13BrN4O2/c1-2-19-12-15-11(16-17-12)14-10(18)7-8-4-3-5-9(13)6-8/h3-6H,2,7H2,1H3,(H2,14,15,16,17,18). The van der Waals surface area contributed by atoms with Gasteiger partial charge in [0.2, 0.25) is 11.9 Å². The largest absolute Gasteiger partial charge is 0.463 e. The molecule has 0 saturated carbocycles. The van der Waals surface area contributed by atoms with E-state index in [2.05, 4.69) is 36.4 Å². The van der Waals surface area contributed by atoms with Gasteiger partial charge in [-0.05, 0) is 24.6 Å². The van der Waals surface area contributed by atoms with Crippen LogP contribution in [0.3, 0.4) is 0 Å². The summed E-state index contributed by atoms with van der Waals surface area (Å²) in [6.07, 6.45) is 0.268. The Bertz CT molecular complexity index is 570. The summed E-state index contributed by atoms with van der Waals surface area (Å²) in [5.74, 6) is 0.112. The van der Waals surface area contributed by atoms with Crippen LogP contribution in [0.2, 0.25) is 0 Å². The molecule has 7 heteroatoms. The molecule has 2 aromatic rings. The Labute approximate surface area is 118 Å². The lowest BCUT2D eigenvalue weighted by Crippen LogP contribution is -2.15. The van der Waals surface area contributed by atoms with Gasteiger partial charge >= 0.3 is 6.01 Å². The zero-order chi connectivity index (χ0) is 13.7. The summed E-state index contributed by atoms with van der Waals surface area (Å²) in [5.41, 5.74) is 0.913. The van der Waals surface area contributed by atoms with Gasteiger partial charge in [-0.25, -0.2) is 5.10 Å². The molecule has 0 radical (unpaired) electrons. The predicted molar refractivity (Wildman–Crippen MR) is 74.0 cm³/mol. The van der Waals surface area contributed by atoms with Gasteiger partial charge in [0, 0.05) is 4.47 Å². The Balaban J connectivity index is 1.93. The minimum absolute atomic E-state index is 0.169. The first-order valence-corrected chi connectivity index (χ1v) is 6.56. The van der Waals surface area contributed by atoms with E-state index in [4.69, 9.17) is 4.74 Å². The zero-order valence-corrected chi connectivity index (χ0v) is 11.9. The number of benzene rings is 1. The van der Waals surface area contributed by atoms with Crippen molar-refractivity contribution in [2.75, 3.05) is 11.9 Å². The van der Waals surface area contributed by atoms with E-state index >= 15 is 0 Å². The van der Waals surface area contributed by atoms with Crippen molar-refractivity contribution in [2.24, 2.45) is 0 Å². The second-order valence-electron chi connectivity index (χ2n) is 3.75. The molecule has 0 aliphatic carbocycles. The maximum absolute atomic E-state index is 11.8. The van der Waals surface area contributed by atoms with E-state index in [0.717, 1.165) is 10.0 Å². The van der Waals surface area contributed by atoms with Crippen LogP contribution in [-0.4, -0.2) is 27.7 Å². The van der Waals surface area contributed by atoms with Crippen molar-refractivity contribution in [1.82, 2.24) is 15.2 Å². The molecule has 0 spiro atoms. The Hall–Kier alpha value is -1.89. The molecule has 1 aromatic carbocycles. The van der Waals surface area contributed by atoms with Crippen LogP contribution in [0.15, 0.2) is 28.7 Å². The van der Waals surface area contributed by atoms with Crippen molar-refractivity contribution in [3.63, 3.8) is 0 Å². The molecule has 0 saturated heterocycles. The molecule has 1 amide bonds. The average Bonchev–Trinajstić information content (AvgIpc) is 2.77. The molecule has 19 heavy (non-hydrogen) atoms. The molecule has 1 heterocycles. The van der Waals surface area contributed by atoms with E-state index in [1.54, 1.807) is 0 Å². The van der Waals surface area contributed by atoms with Crippen molar-refractivity contribution in [1.29, 1.82) is 0 Å². The Morgan fingerprint density at radius 2 is 2.37 bits per heavy atom. The van der Waals surface area contributed by atoms with E-state index in [1.165, 1.54) is 0 Å². The van der Waals surface area contributed by atoms with E-state index < -0.39 is 0 Å². The van der Waals surface area contributed by atoms with Gasteiger partial charge < -0.3 is 4.74 Å². The topological polar surface area (TPSA) is 79.9 Å². The van der Waals surface area contributed by atoms with E-state index in [1.807, 2.05) is 31.2 Å². The Morgan fingerprint density at radius 3 is 3.11 bits per heavy atom. The van der Waals surface area contributed by atoms with E-state index in [0.29, 0.717) is 6.61 Å². The fourth-order valence-corrected chi connectivity index (χ4v) is 1.95. The highest BCUT2D eigenvalue weighted by molar-refractivity contribution is 9.10. The van der Waals surface area contributed by atoms with Crippen molar-refractivity contribution >= 4 is 27.8 Å². The third-order valence-corrected chi connectivity index (χ3v) is 2.74. The van der Waals surface area contributed by atoms with Crippen LogP contribution >= 0.6 is 15.9 Å². The Kier molecular flexibility index (Phi) is 4.51. The lowest BCUT2D eigenvalue weighted by Gasteiger charge is -2.02. The van der Waals surface area contributed by atoms with Gasteiger partial charge in [0.15, 0.2) is 0 Å². The molecule has 0 fully saturated rings. The highest BCUT2D eigenvalue weighted by atomic mass is 79.9. The van der Waals surface area contributed by atoms with Crippen molar-refractivity contribution in [2.45, 2.75) is 13.3 Å². The van der Waals surface area contributed by atoms with E-state index in [9.17, 15) is 4.79 Å². The average molecular weight is 325 g/mol. The highest BCUT2D eigenvalue weighted by Crippen LogP contribution is 2.12. The predicted octanol–water partition coefficient (Wildman–Crippen LogP) is 2.15. The summed E-state index contributed by atoms with van der Waals surface area (Å²) in [5, 5.41) is 9.02. The molecular weight excluding hydrogens is 312 g/mol. The number of anilines is 1. The summed E-state index contributed by atoms with van der Waals surface area (Å²) >= 11 is 3.36. The summed E-state index contributed by atoms with van der Waals surface area (Å²) in [4.78, 5) is 15.8. The van der Waals surface area contributed by atoms with Gasteiger partial charge in [-0.3, -0.25) is 10.1 Å². The number of carbonyl (C=O) groups is 1. The van der Waals surface area contributed by atoms with Crippen LogP contribution < -0.4 is 10.1 Å². The number of nitrogens with one attached hydrogen (secondary N) is 2. The van der Waals surface area contributed by atoms with Gasteiger partial charge in [0.1, 0.15) is 0 Å². The van der Waals surface area contributed by atoms with Crippen LogP contribution in [0.4, 0.5) is 5.95 Å². The lowest BCUT2D eigenvalue weighted by molar-refractivity contribution is -0.115. The number of nitrogens with zero attached hydrogens (tertiary/aromatic N) is 2. The first-order chi connectivity index (χ1) is 9.17. The Morgan fingerprint density at radius 1 is 1.53 bits per heavy atom. The number of carbonyl (C=O) groups excluding carboxylic acids is 1. The minimum atomic E-state index is -0.169. The second-order valence-corrected chi connectivity index (χ2v) is 4.67. The first-order valence-electron chi connectivity index (χ1n) is 5.77. The number of halogens is 1. The quantitative estimate of drug-likeness (QED) is 0.883. The molecule has 1 aromatic heterocycles. The molecule has 6 nitrogen and oxygen atoms in total. The molecule has 100 valence electrons. The third-order valence-electron chi connectivity index (χ3n) is 2.25. The highest BCUT2D eigenvalue weighted by Gasteiger charge is 2.08. The minimum Gasteiger partial charge on any atom is -0.463 e.